The number of rotatable bonds is 2. The lowest BCUT2D eigenvalue weighted by atomic mass is 10.2. The molecule has 72 valence electrons. The first-order valence-electron chi connectivity index (χ1n) is 3.23. The van der Waals surface area contributed by atoms with Crippen molar-refractivity contribution in [3.8, 4) is 5.75 Å². The predicted molar refractivity (Wildman–Crippen MR) is 49.1 cm³/mol. The van der Waals surface area contributed by atoms with Crippen LogP contribution in [0.25, 0.3) is 0 Å². The van der Waals surface area contributed by atoms with Gasteiger partial charge in [0.2, 0.25) is 0 Å². The second-order valence-electron chi connectivity index (χ2n) is 2.18. The zero-order chi connectivity index (χ0) is 9.14. The smallest absolute Gasteiger partial charge is 0.271 e. The summed E-state index contributed by atoms with van der Waals surface area (Å²) in [6.45, 7) is 0. The van der Waals surface area contributed by atoms with E-state index in [9.17, 15) is 10.1 Å². The Balaban J connectivity index is 0.00000144. The van der Waals surface area contributed by atoms with Gasteiger partial charge in [0, 0.05) is 12.1 Å². The van der Waals surface area contributed by atoms with Crippen LogP contribution < -0.4 is 16.6 Å². The van der Waals surface area contributed by atoms with Crippen molar-refractivity contribution >= 4 is 11.4 Å². The molecule has 1 aromatic carbocycles. The highest BCUT2D eigenvalue weighted by Crippen LogP contribution is 2.25. The number of nitrogens with zero attached hydrogens (tertiary/aromatic N) is 1. The number of nitro benzene ring substituents is 1. The molecule has 0 atom stereocenters. The van der Waals surface area contributed by atoms with Crippen molar-refractivity contribution in [2.75, 3.05) is 12.8 Å². The lowest BCUT2D eigenvalue weighted by Crippen LogP contribution is -1.94. The van der Waals surface area contributed by atoms with Crippen molar-refractivity contribution in [1.82, 2.24) is 6.15 Å². The van der Waals surface area contributed by atoms with E-state index in [4.69, 9.17) is 10.5 Å². The molecule has 0 amide bonds. The average molecular weight is 185 g/mol. The maximum Gasteiger partial charge on any atom is 0.271 e. The number of nitro groups is 1. The van der Waals surface area contributed by atoms with Crippen LogP contribution in [0.5, 0.6) is 5.75 Å². The highest BCUT2D eigenvalue weighted by atomic mass is 16.6. The number of non-ortho nitro benzene ring substituents is 1. The minimum atomic E-state index is -0.504. The highest BCUT2D eigenvalue weighted by molar-refractivity contribution is 5.58. The van der Waals surface area contributed by atoms with Gasteiger partial charge in [-0.2, -0.15) is 0 Å². The molecule has 0 saturated heterocycles. The van der Waals surface area contributed by atoms with Gasteiger partial charge < -0.3 is 16.6 Å². The Morgan fingerprint density at radius 1 is 1.54 bits per heavy atom. The van der Waals surface area contributed by atoms with Gasteiger partial charge in [0.15, 0.2) is 0 Å². The molecule has 0 aliphatic carbocycles. The zero-order valence-corrected chi connectivity index (χ0v) is 7.19. The van der Waals surface area contributed by atoms with E-state index in [2.05, 4.69) is 0 Å². The maximum absolute atomic E-state index is 10.3. The normalized spacial score (nSPS) is 8.69. The van der Waals surface area contributed by atoms with Gasteiger partial charge in [-0.1, -0.05) is 0 Å². The third-order valence-corrected chi connectivity index (χ3v) is 1.42. The average Bonchev–Trinajstić information content (AvgIpc) is 2.04. The first-order valence-corrected chi connectivity index (χ1v) is 3.23. The molecule has 13 heavy (non-hydrogen) atoms. The second kappa shape index (κ2) is 4.27. The lowest BCUT2D eigenvalue weighted by molar-refractivity contribution is -0.384. The zero-order valence-electron chi connectivity index (χ0n) is 7.19. The van der Waals surface area contributed by atoms with Crippen molar-refractivity contribution in [2.24, 2.45) is 0 Å². The number of ether oxygens (including phenoxy) is 1. The Hall–Kier alpha value is -1.82. The number of hydrogen-bond donors (Lipinski definition) is 2. The first kappa shape index (κ1) is 11.2. The molecule has 0 spiro atoms. The molecule has 6 heteroatoms. The van der Waals surface area contributed by atoms with E-state index in [1.165, 1.54) is 25.3 Å². The summed E-state index contributed by atoms with van der Waals surface area (Å²) >= 11 is 0. The van der Waals surface area contributed by atoms with Gasteiger partial charge in [-0.3, -0.25) is 10.1 Å². The third kappa shape index (κ3) is 2.31. The fourth-order valence-electron chi connectivity index (χ4n) is 0.835. The summed E-state index contributed by atoms with van der Waals surface area (Å²) in [7, 11) is 1.46. The molecule has 0 unspecified atom stereocenters. The SMILES string of the molecule is COc1ccc([N+](=O)[O-])cc1N.N. The van der Waals surface area contributed by atoms with E-state index in [-0.39, 0.29) is 17.5 Å². The molecule has 0 aliphatic heterocycles. The minimum Gasteiger partial charge on any atom is -0.495 e. The molecule has 1 aromatic rings. The Bertz CT molecular complexity index is 314. The number of nitrogens with two attached hydrogens (primary N) is 1. The third-order valence-electron chi connectivity index (χ3n) is 1.42. The van der Waals surface area contributed by atoms with E-state index in [0.717, 1.165) is 0 Å². The van der Waals surface area contributed by atoms with Gasteiger partial charge in [0.25, 0.3) is 5.69 Å². The quantitative estimate of drug-likeness (QED) is 0.410. The topological polar surface area (TPSA) is 113 Å². The summed E-state index contributed by atoms with van der Waals surface area (Å²) in [5, 5.41) is 10.3. The molecular formula is C7H11N3O3. The number of nitrogen functional groups attached to an aromatic ring is 1. The summed E-state index contributed by atoms with van der Waals surface area (Å²) in [5.41, 5.74) is 5.68. The van der Waals surface area contributed by atoms with Crippen molar-refractivity contribution in [3.05, 3.63) is 28.3 Å². The molecular weight excluding hydrogens is 174 g/mol. The van der Waals surface area contributed by atoms with Crippen LogP contribution in [0.3, 0.4) is 0 Å². The molecule has 5 N–H and O–H groups in total. The fourth-order valence-corrected chi connectivity index (χ4v) is 0.835. The van der Waals surface area contributed by atoms with E-state index in [1.54, 1.807) is 0 Å². The lowest BCUT2D eigenvalue weighted by Gasteiger charge is -2.02. The number of methoxy groups -OCH3 is 1. The van der Waals surface area contributed by atoms with E-state index >= 15 is 0 Å². The Morgan fingerprint density at radius 3 is 2.54 bits per heavy atom. The van der Waals surface area contributed by atoms with Crippen LogP contribution >= 0.6 is 0 Å². The monoisotopic (exact) mass is 185 g/mol. The summed E-state index contributed by atoms with van der Waals surface area (Å²) in [6, 6.07) is 4.07. The summed E-state index contributed by atoms with van der Waals surface area (Å²) < 4.78 is 4.83. The molecule has 0 radical (unpaired) electrons. The van der Waals surface area contributed by atoms with E-state index in [0.29, 0.717) is 5.75 Å². The Labute approximate surface area is 75.0 Å². The standard InChI is InChI=1S/C7H8N2O3.H3N/c1-12-7-3-2-5(9(10)11)4-6(7)8;/h2-4H,8H2,1H3;1H3. The maximum atomic E-state index is 10.3. The van der Waals surface area contributed by atoms with Crippen molar-refractivity contribution < 1.29 is 9.66 Å². The summed E-state index contributed by atoms with van der Waals surface area (Å²) in [5.74, 6) is 0.445. The van der Waals surface area contributed by atoms with Crippen LogP contribution in [0, 0.1) is 10.1 Å². The largest absolute Gasteiger partial charge is 0.495 e. The van der Waals surface area contributed by atoms with Crippen molar-refractivity contribution in [3.63, 3.8) is 0 Å². The van der Waals surface area contributed by atoms with E-state index in [1.807, 2.05) is 0 Å². The van der Waals surface area contributed by atoms with Crippen LogP contribution in [0.2, 0.25) is 0 Å². The van der Waals surface area contributed by atoms with Crippen LogP contribution in [-0.4, -0.2) is 12.0 Å². The molecule has 0 saturated carbocycles. The second-order valence-corrected chi connectivity index (χ2v) is 2.18. The number of benzene rings is 1. The van der Waals surface area contributed by atoms with Gasteiger partial charge in [0.1, 0.15) is 5.75 Å². The molecule has 1 rings (SSSR count). The molecule has 0 aliphatic rings. The van der Waals surface area contributed by atoms with Gasteiger partial charge in [-0.25, -0.2) is 0 Å². The molecule has 0 aromatic heterocycles. The predicted octanol–water partition coefficient (Wildman–Crippen LogP) is 1.35. The van der Waals surface area contributed by atoms with E-state index < -0.39 is 4.92 Å². The summed E-state index contributed by atoms with van der Waals surface area (Å²) in [4.78, 5) is 9.76. The van der Waals surface area contributed by atoms with Gasteiger partial charge in [-0.05, 0) is 6.07 Å². The number of anilines is 1. The molecule has 0 heterocycles. The first-order chi connectivity index (χ1) is 5.65. The van der Waals surface area contributed by atoms with Gasteiger partial charge in [-0.15, -0.1) is 0 Å². The highest BCUT2D eigenvalue weighted by Gasteiger charge is 2.07. The van der Waals surface area contributed by atoms with Gasteiger partial charge in [0.05, 0.1) is 17.7 Å². The molecule has 6 nitrogen and oxygen atoms in total. The summed E-state index contributed by atoms with van der Waals surface area (Å²) in [6.07, 6.45) is 0. The Morgan fingerprint density at radius 2 is 2.15 bits per heavy atom. The van der Waals surface area contributed by atoms with Crippen molar-refractivity contribution in [1.29, 1.82) is 0 Å². The van der Waals surface area contributed by atoms with Gasteiger partial charge >= 0.3 is 0 Å². The van der Waals surface area contributed by atoms with Crippen LogP contribution in [-0.2, 0) is 0 Å². The van der Waals surface area contributed by atoms with Crippen LogP contribution in [0.15, 0.2) is 18.2 Å². The molecule has 0 fully saturated rings. The number of hydrogen-bond acceptors (Lipinski definition) is 5. The molecule has 0 bridgehead atoms. The van der Waals surface area contributed by atoms with Crippen molar-refractivity contribution in [2.45, 2.75) is 0 Å². The fraction of sp³-hybridized carbons (Fsp3) is 0.143. The Kier molecular flexibility index (Phi) is 3.67. The van der Waals surface area contributed by atoms with Crippen LogP contribution in [0.4, 0.5) is 11.4 Å². The minimum absolute atomic E-state index is 0. The van der Waals surface area contributed by atoms with Crippen LogP contribution in [0.1, 0.15) is 0 Å².